The fraction of sp³-hybridized carbons (Fsp3) is 0.355. The predicted octanol–water partition coefficient (Wildman–Crippen LogP) is 5.12. The van der Waals surface area contributed by atoms with Gasteiger partial charge in [0.2, 0.25) is 5.88 Å². The predicted molar refractivity (Wildman–Crippen MR) is 150 cm³/mol. The van der Waals surface area contributed by atoms with E-state index >= 15 is 0 Å². The molecule has 0 saturated carbocycles. The summed E-state index contributed by atoms with van der Waals surface area (Å²) in [5.41, 5.74) is 2.92. The number of carbonyl (C=O) groups excluding carboxylic acids is 1. The van der Waals surface area contributed by atoms with E-state index in [2.05, 4.69) is 9.88 Å². The van der Waals surface area contributed by atoms with Crippen LogP contribution in [0.3, 0.4) is 0 Å². The molecule has 9 nitrogen and oxygen atoms in total. The molecule has 41 heavy (non-hydrogen) atoms. The number of likely N-dealkylation sites (tertiary alicyclic amines) is 1. The van der Waals surface area contributed by atoms with Crippen LogP contribution in [0.25, 0.3) is 11.0 Å². The van der Waals surface area contributed by atoms with Crippen LogP contribution < -0.4 is 9.47 Å². The molecule has 3 heterocycles. The largest absolute Gasteiger partial charge is 0.492 e. The Morgan fingerprint density at radius 1 is 1.17 bits per heavy atom. The van der Waals surface area contributed by atoms with E-state index in [9.17, 15) is 9.18 Å². The molecule has 1 aliphatic heterocycles. The van der Waals surface area contributed by atoms with Gasteiger partial charge >= 0.3 is 5.97 Å². The van der Waals surface area contributed by atoms with Gasteiger partial charge in [0.1, 0.15) is 29.5 Å². The van der Waals surface area contributed by atoms with Crippen molar-refractivity contribution in [1.29, 1.82) is 5.26 Å². The van der Waals surface area contributed by atoms with E-state index in [1.165, 1.54) is 26.2 Å². The molecule has 212 valence electrons. The first-order valence-corrected chi connectivity index (χ1v) is 13.3. The third-order valence-electron chi connectivity index (χ3n) is 7.35. The van der Waals surface area contributed by atoms with Crippen LogP contribution >= 0.6 is 0 Å². The van der Waals surface area contributed by atoms with Gasteiger partial charge in [-0.3, -0.25) is 4.90 Å². The van der Waals surface area contributed by atoms with Gasteiger partial charge in [0, 0.05) is 30.3 Å². The second-order valence-electron chi connectivity index (χ2n) is 9.88. The summed E-state index contributed by atoms with van der Waals surface area (Å²) in [6.45, 7) is 1.54. The summed E-state index contributed by atoms with van der Waals surface area (Å²) in [5, 5.41) is 8.93. The number of methoxy groups -OCH3 is 1. The van der Waals surface area contributed by atoms with E-state index in [0.717, 1.165) is 37.4 Å². The number of ether oxygens (including phenoxy) is 3. The van der Waals surface area contributed by atoms with Gasteiger partial charge in [-0.2, -0.15) is 5.26 Å². The zero-order valence-corrected chi connectivity index (χ0v) is 23.2. The minimum Gasteiger partial charge on any atom is -0.492 e. The number of pyridine rings is 1. The Kier molecular flexibility index (Phi) is 7.68. The first-order valence-electron chi connectivity index (χ1n) is 14.3. The third kappa shape index (κ3) is 6.15. The molecule has 10 heteroatoms. The first kappa shape index (κ1) is 25.5. The lowest BCUT2D eigenvalue weighted by molar-refractivity contribution is 0.0600. The van der Waals surface area contributed by atoms with Crippen molar-refractivity contribution in [3.05, 3.63) is 82.6 Å². The number of halogens is 1. The van der Waals surface area contributed by atoms with Crippen molar-refractivity contribution in [2.24, 2.45) is 7.05 Å². The Bertz CT molecular complexity index is 1690. The van der Waals surface area contributed by atoms with Gasteiger partial charge in [-0.15, -0.1) is 0 Å². The number of nitriles is 1. The molecule has 0 unspecified atom stereocenters. The number of esters is 1. The fourth-order valence-electron chi connectivity index (χ4n) is 5.08. The first-order chi connectivity index (χ1) is 20.5. The summed E-state index contributed by atoms with van der Waals surface area (Å²) in [7, 11) is 3.16. The number of rotatable bonds is 9. The molecule has 0 spiro atoms. The molecule has 5 rings (SSSR count). The summed E-state index contributed by atoms with van der Waals surface area (Å²) in [4.78, 5) is 24.0. The van der Waals surface area contributed by atoms with E-state index in [1.54, 1.807) is 24.3 Å². The van der Waals surface area contributed by atoms with Crippen LogP contribution in [0.15, 0.2) is 48.5 Å². The summed E-state index contributed by atoms with van der Waals surface area (Å²) in [6.07, 6.45) is 1.75. The summed E-state index contributed by atoms with van der Waals surface area (Å²) >= 11 is 0. The number of imidazole rings is 1. The fourth-order valence-corrected chi connectivity index (χ4v) is 5.08. The van der Waals surface area contributed by atoms with Crippen LogP contribution in [-0.2, 0) is 24.9 Å². The highest BCUT2D eigenvalue weighted by Gasteiger charge is 2.24. The monoisotopic (exact) mass is 559 g/mol. The molecule has 0 N–H and O–H groups in total. The number of aryl methyl sites for hydroxylation is 1. The summed E-state index contributed by atoms with van der Waals surface area (Å²) in [5.74, 6) is 0.576. The van der Waals surface area contributed by atoms with E-state index in [-0.39, 0.29) is 29.4 Å². The molecule has 1 aliphatic rings. The van der Waals surface area contributed by atoms with Crippen LogP contribution in [-0.4, -0.2) is 52.2 Å². The van der Waals surface area contributed by atoms with E-state index in [4.69, 9.17) is 27.2 Å². The lowest BCUT2D eigenvalue weighted by atomic mass is 9.93. The Hall–Kier alpha value is -4.49. The van der Waals surface area contributed by atoms with Crippen molar-refractivity contribution in [3.63, 3.8) is 0 Å². The number of piperidine rings is 1. The standard InChI is InChI=1S/C31H32FN5O4/c1-4-40-27-16-23(31(38)39-3)15-26-30(27)35-28(36(26)2)18-37-12-10-21(11-13-37)25-6-5-7-29(34-25)41-19-22-9-8-20(17-33)14-24(22)32/h5-9,14-16,21H,4,10-13,18-19H2,1-3H3/i4D2. The van der Waals surface area contributed by atoms with E-state index < -0.39 is 18.3 Å². The number of benzene rings is 2. The van der Waals surface area contributed by atoms with Crippen molar-refractivity contribution in [3.8, 4) is 17.7 Å². The van der Waals surface area contributed by atoms with Crippen LogP contribution in [0.2, 0.25) is 0 Å². The summed E-state index contributed by atoms with van der Waals surface area (Å²) in [6, 6.07) is 15.0. The van der Waals surface area contributed by atoms with E-state index in [0.29, 0.717) is 29.0 Å². The lowest BCUT2D eigenvalue weighted by Gasteiger charge is -2.31. The SMILES string of the molecule is [2H]C([2H])(C)Oc1cc(C(=O)OC)cc2c1nc(CN1CCC(c3cccc(OCc4ccc(C#N)cc4F)n3)CC1)n2C. The maximum absolute atomic E-state index is 14.2. The van der Waals surface area contributed by atoms with Crippen LogP contribution in [0, 0.1) is 17.1 Å². The van der Waals surface area contributed by atoms with Gasteiger partial charge < -0.3 is 18.8 Å². The van der Waals surface area contributed by atoms with Crippen LogP contribution in [0.1, 0.15) is 61.4 Å². The number of hydrogen-bond acceptors (Lipinski definition) is 8. The average molecular weight is 560 g/mol. The van der Waals surface area contributed by atoms with Gasteiger partial charge in [0.15, 0.2) is 0 Å². The third-order valence-corrected chi connectivity index (χ3v) is 7.35. The highest BCUT2D eigenvalue weighted by molar-refractivity contribution is 5.96. The molecular weight excluding hydrogens is 525 g/mol. The molecule has 0 bridgehead atoms. The lowest BCUT2D eigenvalue weighted by Crippen LogP contribution is -2.33. The Labute approximate surface area is 240 Å². The molecule has 0 amide bonds. The van der Waals surface area contributed by atoms with Crippen molar-refractivity contribution in [1.82, 2.24) is 19.4 Å². The highest BCUT2D eigenvalue weighted by atomic mass is 19.1. The smallest absolute Gasteiger partial charge is 0.338 e. The van der Waals surface area contributed by atoms with Gasteiger partial charge in [-0.25, -0.2) is 19.2 Å². The minimum absolute atomic E-state index is 0.0150. The van der Waals surface area contributed by atoms with Gasteiger partial charge in [-0.05, 0) is 63.2 Å². The molecular formula is C31H32FN5O4. The van der Waals surface area contributed by atoms with Gasteiger partial charge in [0.25, 0.3) is 0 Å². The van der Waals surface area contributed by atoms with Crippen molar-refractivity contribution >= 4 is 17.0 Å². The topological polar surface area (TPSA) is 102 Å². The van der Waals surface area contributed by atoms with Gasteiger partial charge in [0.05, 0.1) is 45.7 Å². The summed E-state index contributed by atoms with van der Waals surface area (Å²) < 4.78 is 48.0. The maximum Gasteiger partial charge on any atom is 0.338 e. The van der Waals surface area contributed by atoms with Crippen molar-refractivity contribution in [2.45, 2.75) is 38.8 Å². The number of fused-ring (bicyclic) bond motifs is 1. The average Bonchev–Trinajstić information content (AvgIpc) is 3.30. The molecule has 0 radical (unpaired) electrons. The minimum atomic E-state index is -1.96. The maximum atomic E-state index is 14.2. The molecule has 2 aromatic carbocycles. The Morgan fingerprint density at radius 2 is 1.98 bits per heavy atom. The van der Waals surface area contributed by atoms with Crippen LogP contribution in [0.4, 0.5) is 4.39 Å². The molecule has 0 aliphatic carbocycles. The molecule has 1 fully saturated rings. The Morgan fingerprint density at radius 3 is 2.68 bits per heavy atom. The Balaban J connectivity index is 1.25. The molecule has 1 saturated heterocycles. The normalized spacial score (nSPS) is 15.2. The second kappa shape index (κ2) is 12.4. The zero-order valence-electron chi connectivity index (χ0n) is 25.2. The highest BCUT2D eigenvalue weighted by Crippen LogP contribution is 2.31. The quantitative estimate of drug-likeness (QED) is 0.260. The number of hydrogen-bond donors (Lipinski definition) is 0. The van der Waals surface area contributed by atoms with Gasteiger partial charge in [-0.1, -0.05) is 12.1 Å². The van der Waals surface area contributed by atoms with Crippen LogP contribution in [0.5, 0.6) is 11.6 Å². The number of nitrogens with zero attached hydrogens (tertiary/aromatic N) is 5. The molecule has 2 aromatic heterocycles. The molecule has 0 atom stereocenters. The number of aromatic nitrogens is 3. The van der Waals surface area contributed by atoms with Crippen molar-refractivity contribution < 1.29 is 26.1 Å². The van der Waals surface area contributed by atoms with Crippen molar-refractivity contribution in [2.75, 3.05) is 26.8 Å². The number of carbonyl (C=O) groups is 1. The zero-order chi connectivity index (χ0) is 30.7. The second-order valence-corrected chi connectivity index (χ2v) is 9.88. The molecule has 4 aromatic rings. The van der Waals surface area contributed by atoms with E-state index in [1.807, 2.05) is 29.8 Å².